The summed E-state index contributed by atoms with van der Waals surface area (Å²) in [6, 6.07) is 8.36. The van der Waals surface area contributed by atoms with Crippen LogP contribution in [-0.2, 0) is 6.42 Å². The monoisotopic (exact) mass is 248 g/mol. The molecule has 1 aromatic rings. The van der Waals surface area contributed by atoms with Crippen molar-refractivity contribution in [1.82, 2.24) is 4.90 Å². The summed E-state index contributed by atoms with van der Waals surface area (Å²) >= 11 is 0. The van der Waals surface area contributed by atoms with Gasteiger partial charge in [-0.1, -0.05) is 32.0 Å². The minimum absolute atomic E-state index is 0.259. The Morgan fingerprint density at radius 2 is 1.89 bits per heavy atom. The number of amidine groups is 1. The molecule has 1 rings (SSSR count). The molecule has 0 aromatic heterocycles. The zero-order valence-corrected chi connectivity index (χ0v) is 12.0. The number of nitrogens with zero attached hydrogens (tertiary/aromatic N) is 1. The van der Waals surface area contributed by atoms with Crippen LogP contribution in [0.2, 0.25) is 0 Å². The highest BCUT2D eigenvalue weighted by Crippen LogP contribution is 2.20. The Balaban J connectivity index is 2.75. The third-order valence-electron chi connectivity index (χ3n) is 3.30. The lowest BCUT2D eigenvalue weighted by molar-refractivity contribution is 0.359. The number of benzene rings is 1. The van der Waals surface area contributed by atoms with Crippen LogP contribution in [-0.4, -0.2) is 30.9 Å². The first-order valence-electron chi connectivity index (χ1n) is 6.40. The molecule has 100 valence electrons. The van der Waals surface area contributed by atoms with E-state index in [1.165, 1.54) is 5.56 Å². The Bertz CT molecular complexity index is 401. The second kappa shape index (κ2) is 6.43. The number of hydrogen-bond donors (Lipinski definition) is 1. The molecule has 0 fully saturated rings. The summed E-state index contributed by atoms with van der Waals surface area (Å²) in [5, 5.41) is 8.04. The molecule has 0 aliphatic carbocycles. The summed E-state index contributed by atoms with van der Waals surface area (Å²) < 4.78 is 5.36. The van der Waals surface area contributed by atoms with Crippen LogP contribution in [0.1, 0.15) is 26.3 Å². The van der Waals surface area contributed by atoms with Gasteiger partial charge in [-0.25, -0.2) is 0 Å². The fourth-order valence-electron chi connectivity index (χ4n) is 1.97. The minimum Gasteiger partial charge on any atom is -0.496 e. The van der Waals surface area contributed by atoms with Gasteiger partial charge in [0.2, 0.25) is 0 Å². The average Bonchev–Trinajstić information content (AvgIpc) is 2.37. The standard InChI is InChI=1S/C15H24N2O/c1-11(2)15(16)17(4)12(3)10-13-8-6-7-9-14(13)18-5/h6-9,11-12,16H,10H2,1-5H3. The van der Waals surface area contributed by atoms with E-state index in [-0.39, 0.29) is 12.0 Å². The topological polar surface area (TPSA) is 36.3 Å². The van der Waals surface area contributed by atoms with Gasteiger partial charge in [0.05, 0.1) is 12.9 Å². The number of para-hydroxylation sites is 1. The largest absolute Gasteiger partial charge is 0.496 e. The predicted molar refractivity (Wildman–Crippen MR) is 76.5 cm³/mol. The summed E-state index contributed by atoms with van der Waals surface area (Å²) in [5.74, 6) is 1.86. The number of rotatable bonds is 5. The first-order chi connectivity index (χ1) is 8.47. The summed E-state index contributed by atoms with van der Waals surface area (Å²) in [6.45, 7) is 6.24. The fraction of sp³-hybridized carbons (Fsp3) is 0.533. The van der Waals surface area contributed by atoms with Crippen molar-refractivity contribution in [1.29, 1.82) is 5.41 Å². The third-order valence-corrected chi connectivity index (χ3v) is 3.30. The average molecular weight is 248 g/mol. The summed E-state index contributed by atoms with van der Waals surface area (Å²) in [4.78, 5) is 2.04. The van der Waals surface area contributed by atoms with Gasteiger partial charge in [0.25, 0.3) is 0 Å². The highest BCUT2D eigenvalue weighted by molar-refractivity contribution is 5.81. The second-order valence-electron chi connectivity index (χ2n) is 5.02. The molecule has 0 radical (unpaired) electrons. The maximum Gasteiger partial charge on any atom is 0.122 e. The van der Waals surface area contributed by atoms with Crippen molar-refractivity contribution < 1.29 is 4.74 Å². The minimum atomic E-state index is 0.259. The zero-order valence-electron chi connectivity index (χ0n) is 12.0. The van der Waals surface area contributed by atoms with E-state index in [1.807, 2.05) is 30.1 Å². The Morgan fingerprint density at radius 3 is 2.44 bits per heavy atom. The van der Waals surface area contributed by atoms with Crippen LogP contribution in [0.25, 0.3) is 0 Å². The number of nitrogens with one attached hydrogen (secondary N) is 1. The molecule has 3 nitrogen and oxygen atoms in total. The van der Waals surface area contributed by atoms with Gasteiger partial charge >= 0.3 is 0 Å². The summed E-state index contributed by atoms with van der Waals surface area (Å²) in [5.41, 5.74) is 1.19. The highest BCUT2D eigenvalue weighted by atomic mass is 16.5. The third kappa shape index (κ3) is 3.49. The Kier molecular flexibility index (Phi) is 5.20. The van der Waals surface area contributed by atoms with Crippen molar-refractivity contribution in [3.63, 3.8) is 0 Å². The summed E-state index contributed by atoms with van der Waals surface area (Å²) in [7, 11) is 3.69. The molecule has 1 atom stereocenters. The predicted octanol–water partition coefficient (Wildman–Crippen LogP) is 3.19. The van der Waals surface area contributed by atoms with E-state index in [4.69, 9.17) is 10.1 Å². The molecule has 1 N–H and O–H groups in total. The van der Waals surface area contributed by atoms with Gasteiger partial charge in [-0.05, 0) is 25.0 Å². The maximum atomic E-state index is 8.04. The van der Waals surface area contributed by atoms with Gasteiger partial charge in [-0.15, -0.1) is 0 Å². The second-order valence-corrected chi connectivity index (χ2v) is 5.02. The normalized spacial score (nSPS) is 12.3. The molecule has 18 heavy (non-hydrogen) atoms. The van der Waals surface area contributed by atoms with Crippen molar-refractivity contribution in [2.45, 2.75) is 33.2 Å². The Morgan fingerprint density at radius 1 is 1.28 bits per heavy atom. The van der Waals surface area contributed by atoms with E-state index in [9.17, 15) is 0 Å². The van der Waals surface area contributed by atoms with Gasteiger partial charge in [0, 0.05) is 19.0 Å². The van der Waals surface area contributed by atoms with Crippen LogP contribution in [0.15, 0.2) is 24.3 Å². The summed E-state index contributed by atoms with van der Waals surface area (Å²) in [6.07, 6.45) is 0.885. The molecular formula is C15H24N2O. The van der Waals surface area contributed by atoms with Crippen LogP contribution in [0.5, 0.6) is 5.75 Å². The lowest BCUT2D eigenvalue weighted by Crippen LogP contribution is -2.38. The first-order valence-corrected chi connectivity index (χ1v) is 6.40. The molecule has 0 saturated carbocycles. The quantitative estimate of drug-likeness (QED) is 0.641. The molecule has 0 amide bonds. The highest BCUT2D eigenvalue weighted by Gasteiger charge is 2.16. The van der Waals surface area contributed by atoms with E-state index < -0.39 is 0 Å². The van der Waals surface area contributed by atoms with Gasteiger partial charge < -0.3 is 9.64 Å². The van der Waals surface area contributed by atoms with Gasteiger partial charge in [0.1, 0.15) is 5.75 Å². The van der Waals surface area contributed by atoms with Crippen LogP contribution >= 0.6 is 0 Å². The molecule has 0 saturated heterocycles. The van der Waals surface area contributed by atoms with Crippen LogP contribution in [0.3, 0.4) is 0 Å². The molecule has 0 aliphatic heterocycles. The van der Waals surface area contributed by atoms with Gasteiger partial charge in [-0.2, -0.15) is 0 Å². The number of likely N-dealkylation sites (N-methyl/N-ethyl adjacent to an activating group) is 1. The molecule has 0 bridgehead atoms. The van der Waals surface area contributed by atoms with E-state index in [1.54, 1.807) is 7.11 Å². The lowest BCUT2D eigenvalue weighted by atomic mass is 10.0. The van der Waals surface area contributed by atoms with Crippen molar-refractivity contribution >= 4 is 5.84 Å². The lowest BCUT2D eigenvalue weighted by Gasteiger charge is -2.29. The fourth-order valence-corrected chi connectivity index (χ4v) is 1.97. The molecule has 0 spiro atoms. The number of methoxy groups -OCH3 is 1. The molecular weight excluding hydrogens is 224 g/mol. The van der Waals surface area contributed by atoms with Crippen molar-refractivity contribution in [3.8, 4) is 5.75 Å². The molecule has 1 aromatic carbocycles. The van der Waals surface area contributed by atoms with Gasteiger partial charge in [0.15, 0.2) is 0 Å². The SMILES string of the molecule is COc1ccccc1CC(C)N(C)C(=N)C(C)C. The van der Waals surface area contributed by atoms with Crippen LogP contribution in [0, 0.1) is 11.3 Å². The zero-order chi connectivity index (χ0) is 13.7. The van der Waals surface area contributed by atoms with Crippen LogP contribution < -0.4 is 4.74 Å². The number of hydrogen-bond acceptors (Lipinski definition) is 2. The molecule has 0 heterocycles. The van der Waals surface area contributed by atoms with E-state index >= 15 is 0 Å². The van der Waals surface area contributed by atoms with E-state index in [0.717, 1.165) is 12.2 Å². The molecule has 1 unspecified atom stereocenters. The molecule has 3 heteroatoms. The van der Waals surface area contributed by atoms with Crippen molar-refractivity contribution in [2.75, 3.05) is 14.2 Å². The van der Waals surface area contributed by atoms with Gasteiger partial charge in [-0.3, -0.25) is 5.41 Å². The van der Waals surface area contributed by atoms with Crippen molar-refractivity contribution in [3.05, 3.63) is 29.8 Å². The Hall–Kier alpha value is -1.51. The Labute approximate surface area is 110 Å². The van der Waals surface area contributed by atoms with E-state index in [0.29, 0.717) is 5.84 Å². The van der Waals surface area contributed by atoms with Crippen LogP contribution in [0.4, 0.5) is 0 Å². The maximum absolute atomic E-state index is 8.04. The van der Waals surface area contributed by atoms with E-state index in [2.05, 4.69) is 26.8 Å². The first kappa shape index (κ1) is 14.6. The number of ether oxygens (including phenoxy) is 1. The van der Waals surface area contributed by atoms with Crippen molar-refractivity contribution in [2.24, 2.45) is 5.92 Å². The molecule has 0 aliphatic rings. The smallest absolute Gasteiger partial charge is 0.122 e.